The monoisotopic (exact) mass is 446 g/mol. The summed E-state index contributed by atoms with van der Waals surface area (Å²) < 4.78 is 28.7. The van der Waals surface area contributed by atoms with Gasteiger partial charge in [0.15, 0.2) is 0 Å². The third kappa shape index (κ3) is 6.39. The molecule has 2 aromatic rings. The van der Waals surface area contributed by atoms with Gasteiger partial charge in [0.25, 0.3) is 11.1 Å². The Labute approximate surface area is 182 Å². The highest BCUT2D eigenvalue weighted by Crippen LogP contribution is 2.32. The quantitative estimate of drug-likeness (QED) is 0.621. The highest BCUT2D eigenvalue weighted by molar-refractivity contribution is 8.18. The molecule has 0 atom stereocenters. The van der Waals surface area contributed by atoms with E-state index in [1.54, 1.807) is 0 Å². The largest absolute Gasteiger partial charge is 0.435 e. The summed E-state index contributed by atoms with van der Waals surface area (Å²) in [6, 6.07) is 13.3. The number of nitrogens with zero attached hydrogens (tertiary/aromatic N) is 1. The number of rotatable bonds is 8. The van der Waals surface area contributed by atoms with E-state index in [4.69, 9.17) is 0 Å². The summed E-state index contributed by atoms with van der Waals surface area (Å²) in [6.07, 6.45) is 1.72. The summed E-state index contributed by atoms with van der Waals surface area (Å²) in [7, 11) is 0. The number of nitrogens with one attached hydrogen (secondary N) is 1. The predicted molar refractivity (Wildman–Crippen MR) is 114 cm³/mol. The maximum atomic E-state index is 12.5. The molecule has 31 heavy (non-hydrogen) atoms. The molecule has 0 aliphatic carbocycles. The molecule has 0 saturated carbocycles. The van der Waals surface area contributed by atoms with E-state index < -0.39 is 17.8 Å². The summed E-state index contributed by atoms with van der Waals surface area (Å²) in [5.74, 6) is -0.658. The number of carbonyl (C=O) groups is 3. The molecule has 0 unspecified atom stereocenters. The maximum absolute atomic E-state index is 12.5. The number of hydrogen-bond donors (Lipinski definition) is 1. The molecule has 1 heterocycles. The minimum atomic E-state index is -2.92. The Morgan fingerprint density at radius 1 is 1.13 bits per heavy atom. The van der Waals surface area contributed by atoms with Gasteiger partial charge < -0.3 is 10.1 Å². The van der Waals surface area contributed by atoms with Crippen molar-refractivity contribution in [3.8, 4) is 5.75 Å². The molecule has 9 heteroatoms. The number of alkyl halides is 2. The van der Waals surface area contributed by atoms with Gasteiger partial charge in [0.05, 0.1) is 11.3 Å². The number of hydrogen-bond acceptors (Lipinski definition) is 5. The lowest BCUT2D eigenvalue weighted by molar-refractivity contribution is -0.124. The fourth-order valence-corrected chi connectivity index (χ4v) is 3.72. The first-order chi connectivity index (χ1) is 14.8. The summed E-state index contributed by atoms with van der Waals surface area (Å²) in [6.45, 7) is -0.746. The third-order valence-electron chi connectivity index (χ3n) is 4.42. The number of benzene rings is 2. The molecule has 0 radical (unpaired) electrons. The Kier molecular flexibility index (Phi) is 7.41. The Morgan fingerprint density at radius 2 is 1.81 bits per heavy atom. The summed E-state index contributed by atoms with van der Waals surface area (Å²) in [5.41, 5.74) is 2.55. The molecule has 6 nitrogen and oxygen atoms in total. The minimum Gasteiger partial charge on any atom is -0.435 e. The lowest BCUT2D eigenvalue weighted by Gasteiger charge is -2.13. The zero-order chi connectivity index (χ0) is 22.4. The second-order valence-corrected chi connectivity index (χ2v) is 7.79. The molecule has 1 N–H and O–H groups in total. The van der Waals surface area contributed by atoms with Gasteiger partial charge in [-0.15, -0.1) is 0 Å². The molecule has 162 valence electrons. The zero-order valence-corrected chi connectivity index (χ0v) is 17.5. The van der Waals surface area contributed by atoms with E-state index in [1.807, 2.05) is 31.2 Å². The first-order valence-electron chi connectivity index (χ1n) is 9.44. The van der Waals surface area contributed by atoms with Gasteiger partial charge in [-0.25, -0.2) is 0 Å². The van der Waals surface area contributed by atoms with Crippen LogP contribution < -0.4 is 10.1 Å². The highest BCUT2D eigenvalue weighted by Gasteiger charge is 2.34. The maximum Gasteiger partial charge on any atom is 0.387 e. The molecule has 1 aliphatic heterocycles. The van der Waals surface area contributed by atoms with Crippen LogP contribution in [0.3, 0.4) is 0 Å². The number of imide groups is 1. The number of aryl methyl sites for hydroxylation is 1. The van der Waals surface area contributed by atoms with E-state index in [1.165, 1.54) is 30.3 Å². The van der Waals surface area contributed by atoms with Crippen molar-refractivity contribution in [1.82, 2.24) is 10.2 Å². The van der Waals surface area contributed by atoms with Gasteiger partial charge in [0.1, 0.15) is 5.75 Å². The van der Waals surface area contributed by atoms with Gasteiger partial charge in [-0.2, -0.15) is 8.78 Å². The Balaban J connectivity index is 1.52. The molecule has 0 aromatic heterocycles. The number of ether oxygens (including phenoxy) is 1. The molecular formula is C22H20F2N2O4S. The second kappa shape index (κ2) is 10.2. The third-order valence-corrected chi connectivity index (χ3v) is 5.33. The van der Waals surface area contributed by atoms with Crippen LogP contribution in [0.2, 0.25) is 0 Å². The van der Waals surface area contributed by atoms with E-state index >= 15 is 0 Å². The van der Waals surface area contributed by atoms with E-state index in [0.29, 0.717) is 5.56 Å². The van der Waals surface area contributed by atoms with Crippen LogP contribution in [-0.2, 0) is 16.0 Å². The summed E-state index contributed by atoms with van der Waals surface area (Å²) in [5, 5.41) is 2.28. The van der Waals surface area contributed by atoms with Gasteiger partial charge in [-0.05, 0) is 48.0 Å². The van der Waals surface area contributed by atoms with Crippen molar-refractivity contribution in [1.29, 1.82) is 0 Å². The molecule has 0 bridgehead atoms. The van der Waals surface area contributed by atoms with Crippen LogP contribution in [0.25, 0.3) is 6.08 Å². The van der Waals surface area contributed by atoms with Gasteiger partial charge in [-0.3, -0.25) is 19.3 Å². The minimum absolute atomic E-state index is 0.00151. The standard InChI is InChI=1S/C22H20F2N2O4S/c1-14-2-4-16(5-3-14)13-19(27)25-10-11-26-20(28)18(31-22(26)29)12-15-6-8-17(9-7-15)30-21(23)24/h2-9,12,21H,10-11,13H2,1H3,(H,25,27)/b18-12-. The lowest BCUT2D eigenvalue weighted by atomic mass is 10.1. The van der Waals surface area contributed by atoms with E-state index in [2.05, 4.69) is 10.1 Å². The predicted octanol–water partition coefficient (Wildman–Crippen LogP) is 3.99. The highest BCUT2D eigenvalue weighted by atomic mass is 32.2. The molecule has 1 fully saturated rings. The fourth-order valence-electron chi connectivity index (χ4n) is 2.85. The first-order valence-corrected chi connectivity index (χ1v) is 10.3. The van der Waals surface area contributed by atoms with Crippen LogP contribution in [-0.4, -0.2) is 41.7 Å². The Hall–Kier alpha value is -3.20. The van der Waals surface area contributed by atoms with Crippen LogP contribution in [0, 0.1) is 6.92 Å². The average molecular weight is 446 g/mol. The first kappa shape index (κ1) is 22.5. The molecule has 1 aliphatic rings. The summed E-state index contributed by atoms with van der Waals surface area (Å²) in [4.78, 5) is 38.0. The number of amides is 3. The van der Waals surface area contributed by atoms with Gasteiger partial charge in [-0.1, -0.05) is 42.0 Å². The van der Waals surface area contributed by atoms with Crippen LogP contribution in [0.15, 0.2) is 53.4 Å². The molecule has 3 rings (SSSR count). The molecule has 3 amide bonds. The van der Waals surface area contributed by atoms with Gasteiger partial charge in [0.2, 0.25) is 5.91 Å². The molecule has 1 saturated heterocycles. The molecule has 0 spiro atoms. The van der Waals surface area contributed by atoms with E-state index in [9.17, 15) is 23.2 Å². The van der Waals surface area contributed by atoms with Gasteiger partial charge >= 0.3 is 6.61 Å². The fraction of sp³-hybridized carbons (Fsp3) is 0.227. The van der Waals surface area contributed by atoms with Gasteiger partial charge in [0, 0.05) is 13.1 Å². The van der Waals surface area contributed by atoms with E-state index in [-0.39, 0.29) is 36.1 Å². The van der Waals surface area contributed by atoms with Crippen LogP contribution in [0.1, 0.15) is 16.7 Å². The Bertz CT molecular complexity index is 992. The molecular weight excluding hydrogens is 426 g/mol. The normalized spacial score (nSPS) is 15.1. The lowest BCUT2D eigenvalue weighted by Crippen LogP contribution is -2.37. The van der Waals surface area contributed by atoms with Crippen LogP contribution >= 0.6 is 11.8 Å². The van der Waals surface area contributed by atoms with Crippen molar-refractivity contribution < 1.29 is 27.9 Å². The summed E-state index contributed by atoms with van der Waals surface area (Å²) >= 11 is 0.789. The average Bonchev–Trinajstić information content (AvgIpc) is 2.98. The van der Waals surface area contributed by atoms with Crippen molar-refractivity contribution >= 4 is 34.9 Å². The topological polar surface area (TPSA) is 75.7 Å². The van der Waals surface area contributed by atoms with Crippen molar-refractivity contribution in [3.05, 3.63) is 70.1 Å². The van der Waals surface area contributed by atoms with Crippen LogP contribution in [0.5, 0.6) is 5.75 Å². The second-order valence-electron chi connectivity index (χ2n) is 6.79. The SMILES string of the molecule is Cc1ccc(CC(=O)NCCN2C(=O)S/C(=C\c3ccc(OC(F)F)cc3)C2=O)cc1. The van der Waals surface area contributed by atoms with Crippen molar-refractivity contribution in [2.75, 3.05) is 13.1 Å². The number of thioether (sulfide) groups is 1. The van der Waals surface area contributed by atoms with Crippen molar-refractivity contribution in [2.24, 2.45) is 0 Å². The number of halogens is 2. The van der Waals surface area contributed by atoms with Crippen molar-refractivity contribution in [3.63, 3.8) is 0 Å². The van der Waals surface area contributed by atoms with Crippen LogP contribution in [0.4, 0.5) is 13.6 Å². The number of carbonyl (C=O) groups excluding carboxylic acids is 3. The Morgan fingerprint density at radius 3 is 2.45 bits per heavy atom. The van der Waals surface area contributed by atoms with E-state index in [0.717, 1.165) is 27.8 Å². The molecule has 2 aromatic carbocycles. The zero-order valence-electron chi connectivity index (χ0n) is 16.6. The van der Waals surface area contributed by atoms with Crippen molar-refractivity contribution in [2.45, 2.75) is 20.0 Å². The smallest absolute Gasteiger partial charge is 0.387 e.